The third kappa shape index (κ3) is 3.50. The molecule has 31 heavy (non-hydrogen) atoms. The molecule has 0 saturated carbocycles. The molecule has 1 atom stereocenters. The van der Waals surface area contributed by atoms with Crippen LogP contribution in [0.3, 0.4) is 0 Å². The van der Waals surface area contributed by atoms with Crippen LogP contribution < -0.4 is 5.32 Å². The standard InChI is InChI=1S/C21H21N5O4S/c1-2-14-3-4-16-15(9-14)10-20(24-16)31(28,29)26-7-5-25(6-8-26)21(27)18-11-17-19(12-22-18)30-13-23-17/h1,3-4,9-10,13,18,22,24H,5-8,11-12H2. The molecular weight excluding hydrogens is 418 g/mol. The molecule has 1 aromatic carbocycles. The SMILES string of the molecule is C#Cc1ccc2[nH]c(S(=O)(=O)N3CCN(C(=O)C4Cc5ncoc5CN4)CC3)cc2c1. The number of nitrogens with zero attached hydrogens (tertiary/aromatic N) is 3. The Balaban J connectivity index is 1.27. The lowest BCUT2D eigenvalue weighted by atomic mass is 10.0. The molecule has 1 saturated heterocycles. The number of terminal acetylenes is 1. The number of nitrogens with one attached hydrogen (secondary N) is 2. The van der Waals surface area contributed by atoms with E-state index in [1.165, 1.54) is 10.7 Å². The minimum Gasteiger partial charge on any atom is -0.447 e. The molecule has 0 radical (unpaired) electrons. The van der Waals surface area contributed by atoms with Crippen LogP contribution in [0.4, 0.5) is 0 Å². The maximum Gasteiger partial charge on any atom is 0.258 e. The molecule has 2 aromatic heterocycles. The predicted molar refractivity (Wildman–Crippen MR) is 112 cm³/mol. The number of benzene rings is 1. The summed E-state index contributed by atoms with van der Waals surface area (Å²) >= 11 is 0. The zero-order chi connectivity index (χ0) is 21.6. The van der Waals surface area contributed by atoms with Crippen LogP contribution >= 0.6 is 0 Å². The second kappa shape index (κ2) is 7.53. The highest BCUT2D eigenvalue weighted by atomic mass is 32.2. The number of H-pyrrole nitrogens is 1. The van der Waals surface area contributed by atoms with E-state index in [0.29, 0.717) is 37.1 Å². The molecule has 0 spiro atoms. The number of oxazole rings is 1. The van der Waals surface area contributed by atoms with Gasteiger partial charge in [-0.1, -0.05) is 5.92 Å². The first-order valence-electron chi connectivity index (χ1n) is 9.98. The minimum atomic E-state index is -3.70. The van der Waals surface area contributed by atoms with Gasteiger partial charge in [0.05, 0.1) is 18.3 Å². The topological polar surface area (TPSA) is 112 Å². The Kier molecular flexibility index (Phi) is 4.81. The van der Waals surface area contributed by atoms with Gasteiger partial charge in [0.15, 0.2) is 6.39 Å². The van der Waals surface area contributed by atoms with E-state index in [1.807, 2.05) is 0 Å². The van der Waals surface area contributed by atoms with E-state index in [4.69, 9.17) is 10.8 Å². The summed E-state index contributed by atoms with van der Waals surface area (Å²) in [5, 5.41) is 4.05. The zero-order valence-electron chi connectivity index (χ0n) is 16.7. The van der Waals surface area contributed by atoms with Crippen LogP contribution in [0.25, 0.3) is 10.9 Å². The number of carbonyl (C=O) groups excluding carboxylic acids is 1. The highest BCUT2D eigenvalue weighted by Gasteiger charge is 2.35. The largest absolute Gasteiger partial charge is 0.447 e. The quantitative estimate of drug-likeness (QED) is 0.581. The normalized spacial score (nSPS) is 19.8. The van der Waals surface area contributed by atoms with E-state index in [0.717, 1.165) is 16.8 Å². The Labute approximate surface area is 179 Å². The summed E-state index contributed by atoms with van der Waals surface area (Å²) in [5.41, 5.74) is 2.20. The van der Waals surface area contributed by atoms with Crippen molar-refractivity contribution in [3.63, 3.8) is 0 Å². The Hall–Kier alpha value is -3.13. The predicted octanol–water partition coefficient (Wildman–Crippen LogP) is 0.685. The van der Waals surface area contributed by atoms with Crippen LogP contribution in [0.15, 0.2) is 40.1 Å². The van der Waals surface area contributed by atoms with Crippen molar-refractivity contribution in [2.45, 2.75) is 24.0 Å². The first-order valence-corrected chi connectivity index (χ1v) is 11.4. The summed E-state index contributed by atoms with van der Waals surface area (Å²) < 4.78 is 32.9. The number of amides is 1. The molecule has 1 unspecified atom stereocenters. The van der Waals surface area contributed by atoms with Crippen LogP contribution in [0.2, 0.25) is 0 Å². The van der Waals surface area contributed by atoms with Gasteiger partial charge in [0.25, 0.3) is 10.0 Å². The van der Waals surface area contributed by atoms with Crippen LogP contribution in [0.5, 0.6) is 0 Å². The Morgan fingerprint density at radius 1 is 1.23 bits per heavy atom. The van der Waals surface area contributed by atoms with Crippen LogP contribution in [-0.2, 0) is 27.8 Å². The molecule has 1 amide bonds. The smallest absolute Gasteiger partial charge is 0.258 e. The molecule has 10 heteroatoms. The second-order valence-corrected chi connectivity index (χ2v) is 9.58. The van der Waals surface area contributed by atoms with Gasteiger partial charge in [-0.05, 0) is 24.3 Å². The molecule has 9 nitrogen and oxygen atoms in total. The lowest BCUT2D eigenvalue weighted by molar-refractivity contribution is -0.134. The van der Waals surface area contributed by atoms with E-state index in [2.05, 4.69) is 21.2 Å². The van der Waals surface area contributed by atoms with Gasteiger partial charge in [-0.2, -0.15) is 4.31 Å². The van der Waals surface area contributed by atoms with Gasteiger partial charge in [-0.15, -0.1) is 6.42 Å². The number of sulfonamides is 1. The van der Waals surface area contributed by atoms with Crippen LogP contribution in [-0.4, -0.2) is 65.7 Å². The van der Waals surface area contributed by atoms with Crippen molar-refractivity contribution in [3.8, 4) is 12.3 Å². The fourth-order valence-electron chi connectivity index (χ4n) is 4.10. The first kappa shape index (κ1) is 19.8. The van der Waals surface area contributed by atoms with E-state index in [1.54, 1.807) is 29.2 Å². The van der Waals surface area contributed by atoms with Crippen LogP contribution in [0.1, 0.15) is 17.0 Å². The molecule has 0 aliphatic carbocycles. The minimum absolute atomic E-state index is 0.0434. The highest BCUT2D eigenvalue weighted by Crippen LogP contribution is 2.24. The van der Waals surface area contributed by atoms with E-state index in [-0.39, 0.29) is 30.1 Å². The summed E-state index contributed by atoms with van der Waals surface area (Å²) in [7, 11) is -3.70. The molecular formula is C21H21N5O4S. The van der Waals surface area contributed by atoms with E-state index in [9.17, 15) is 13.2 Å². The van der Waals surface area contributed by atoms with Crippen molar-refractivity contribution in [1.29, 1.82) is 0 Å². The lowest BCUT2D eigenvalue weighted by Gasteiger charge is -2.36. The number of piperazine rings is 1. The third-order valence-corrected chi connectivity index (χ3v) is 7.68. The second-order valence-electron chi connectivity index (χ2n) is 7.67. The van der Waals surface area contributed by atoms with E-state index >= 15 is 0 Å². The van der Waals surface area contributed by atoms with Crippen molar-refractivity contribution in [2.24, 2.45) is 0 Å². The molecule has 160 valence electrons. The van der Waals surface area contributed by atoms with Gasteiger partial charge in [-0.3, -0.25) is 10.1 Å². The first-order chi connectivity index (χ1) is 15.0. The highest BCUT2D eigenvalue weighted by molar-refractivity contribution is 7.89. The number of hydrogen-bond acceptors (Lipinski definition) is 6. The fraction of sp³-hybridized carbons (Fsp3) is 0.333. The van der Waals surface area contributed by atoms with E-state index < -0.39 is 10.0 Å². The van der Waals surface area contributed by atoms with Gasteiger partial charge >= 0.3 is 0 Å². The molecule has 2 N–H and O–H groups in total. The summed E-state index contributed by atoms with van der Waals surface area (Å²) in [5.74, 6) is 3.27. The van der Waals surface area contributed by atoms with Crippen molar-refractivity contribution >= 4 is 26.8 Å². The summed E-state index contributed by atoms with van der Waals surface area (Å²) in [6.45, 7) is 1.61. The van der Waals surface area contributed by atoms with Gasteiger partial charge in [0.2, 0.25) is 5.91 Å². The number of hydrogen-bond donors (Lipinski definition) is 2. The summed E-state index contributed by atoms with van der Waals surface area (Å²) in [4.78, 5) is 21.7. The summed E-state index contributed by atoms with van der Waals surface area (Å²) in [6.07, 6.45) is 7.29. The molecule has 5 rings (SSSR count). The zero-order valence-corrected chi connectivity index (χ0v) is 17.5. The number of fused-ring (bicyclic) bond motifs is 2. The Bertz CT molecular complexity index is 1290. The van der Waals surface area contributed by atoms with Gasteiger partial charge in [0.1, 0.15) is 10.8 Å². The third-order valence-electron chi connectivity index (χ3n) is 5.86. The van der Waals surface area contributed by atoms with Gasteiger partial charge in [-0.25, -0.2) is 13.4 Å². The van der Waals surface area contributed by atoms with Crippen molar-refractivity contribution < 1.29 is 17.6 Å². The molecule has 4 heterocycles. The van der Waals surface area contributed by atoms with Crippen molar-refractivity contribution in [1.82, 2.24) is 24.5 Å². The monoisotopic (exact) mass is 439 g/mol. The fourth-order valence-corrected chi connectivity index (χ4v) is 5.54. The average molecular weight is 439 g/mol. The number of aromatic amines is 1. The Morgan fingerprint density at radius 3 is 2.81 bits per heavy atom. The molecule has 2 aliphatic rings. The average Bonchev–Trinajstić information content (AvgIpc) is 3.44. The van der Waals surface area contributed by atoms with Crippen molar-refractivity contribution in [2.75, 3.05) is 26.2 Å². The van der Waals surface area contributed by atoms with Crippen LogP contribution in [0, 0.1) is 12.3 Å². The van der Waals surface area contributed by atoms with Gasteiger partial charge < -0.3 is 14.3 Å². The molecule has 2 aliphatic heterocycles. The molecule has 0 bridgehead atoms. The lowest BCUT2D eigenvalue weighted by Crippen LogP contribution is -2.56. The Morgan fingerprint density at radius 2 is 2.03 bits per heavy atom. The molecule has 3 aromatic rings. The molecule has 1 fully saturated rings. The maximum atomic E-state index is 13.1. The van der Waals surface area contributed by atoms with Crippen molar-refractivity contribution in [3.05, 3.63) is 47.7 Å². The summed E-state index contributed by atoms with van der Waals surface area (Å²) in [6, 6.07) is 6.54. The number of aromatic nitrogens is 2. The van der Waals surface area contributed by atoms with Gasteiger partial charge in [0, 0.05) is 49.1 Å². The number of rotatable bonds is 3. The number of carbonyl (C=O) groups is 1. The maximum absolute atomic E-state index is 13.1.